The number of hydrogen-bond donors (Lipinski definition) is 3. The van der Waals surface area contributed by atoms with E-state index < -0.39 is 17.2 Å². The molecule has 0 saturated carbocycles. The van der Waals surface area contributed by atoms with E-state index in [2.05, 4.69) is 21.2 Å². The Morgan fingerprint density at radius 1 is 1.42 bits per heavy atom. The Hall–Kier alpha value is -1.50. The molecular weight excluding hydrogens is 318 g/mol. The zero-order valence-corrected chi connectivity index (χ0v) is 12.2. The number of amidine groups is 2. The summed E-state index contributed by atoms with van der Waals surface area (Å²) in [5.41, 5.74) is -0.599. The maximum Gasteiger partial charge on any atom is 0.166 e. The fourth-order valence-corrected chi connectivity index (χ4v) is 2.32. The first-order valence-electron chi connectivity index (χ1n) is 5.57. The van der Waals surface area contributed by atoms with Crippen LogP contribution in [0.5, 0.6) is 0 Å². The van der Waals surface area contributed by atoms with Crippen molar-refractivity contribution in [3.8, 4) is 0 Å². The summed E-state index contributed by atoms with van der Waals surface area (Å²) < 4.78 is 27.5. The Balaban J connectivity index is 2.78. The predicted octanol–water partition coefficient (Wildman–Crippen LogP) is 3.71. The van der Waals surface area contributed by atoms with E-state index in [4.69, 9.17) is 10.8 Å². The average molecular weight is 331 g/mol. The molecule has 1 heterocycles. The number of halogens is 3. The lowest BCUT2D eigenvalue weighted by atomic mass is 9.97. The van der Waals surface area contributed by atoms with Crippen LogP contribution in [0.3, 0.4) is 0 Å². The molecule has 0 radical (unpaired) electrons. The highest BCUT2D eigenvalue weighted by Gasteiger charge is 2.39. The maximum atomic E-state index is 14.2. The number of nitrogens with zero attached hydrogens (tertiary/aromatic N) is 1. The van der Waals surface area contributed by atoms with Crippen LogP contribution in [-0.2, 0) is 0 Å². The minimum Gasteiger partial charge on any atom is -0.371 e. The van der Waals surface area contributed by atoms with Gasteiger partial charge < -0.3 is 5.32 Å². The molecule has 7 heteroatoms. The van der Waals surface area contributed by atoms with E-state index in [1.165, 1.54) is 11.8 Å². The van der Waals surface area contributed by atoms with Gasteiger partial charge >= 0.3 is 0 Å². The maximum absolute atomic E-state index is 14.2. The predicted molar refractivity (Wildman–Crippen MR) is 75.4 cm³/mol. The van der Waals surface area contributed by atoms with Gasteiger partial charge in [-0.2, -0.15) is 0 Å². The van der Waals surface area contributed by atoms with Crippen LogP contribution >= 0.6 is 15.9 Å². The lowest BCUT2D eigenvalue weighted by molar-refractivity contribution is 0.570. The fraction of sp³-hybridized carbons (Fsp3) is 0.333. The first-order chi connectivity index (χ1) is 8.66. The van der Waals surface area contributed by atoms with E-state index in [9.17, 15) is 8.78 Å². The minimum atomic E-state index is -0.825. The molecule has 102 valence electrons. The second-order valence-electron chi connectivity index (χ2n) is 4.90. The number of benzene rings is 1. The van der Waals surface area contributed by atoms with E-state index in [0.29, 0.717) is 0 Å². The molecule has 1 aromatic rings. The van der Waals surface area contributed by atoms with E-state index in [1.54, 1.807) is 13.8 Å². The highest BCUT2D eigenvalue weighted by Crippen LogP contribution is 2.41. The van der Waals surface area contributed by atoms with Crippen LogP contribution in [0.1, 0.15) is 20.8 Å². The molecule has 0 bridgehead atoms. The van der Waals surface area contributed by atoms with E-state index in [-0.39, 0.29) is 27.5 Å². The van der Waals surface area contributed by atoms with Gasteiger partial charge in [-0.15, -0.1) is 0 Å². The highest BCUT2D eigenvalue weighted by molar-refractivity contribution is 9.10. The zero-order valence-electron chi connectivity index (χ0n) is 10.7. The third-order valence-corrected chi connectivity index (χ3v) is 3.69. The second kappa shape index (κ2) is 4.26. The first-order valence-corrected chi connectivity index (χ1v) is 6.36. The summed E-state index contributed by atoms with van der Waals surface area (Å²) in [6.45, 7) is 4.88. The summed E-state index contributed by atoms with van der Waals surface area (Å²) in [6.07, 6.45) is 0. The standard InChI is InChI=1S/C12H13BrF2N4/c1-5(16)19-10-7(18-12(2,3)11(19)17)4-6(14)8(13)9(10)15/h4,16-18H,1-3H3. The van der Waals surface area contributed by atoms with E-state index in [0.717, 1.165) is 6.07 Å². The molecule has 0 unspecified atom stereocenters. The molecule has 0 spiro atoms. The molecule has 2 rings (SSSR count). The summed E-state index contributed by atoms with van der Waals surface area (Å²) in [4.78, 5) is 1.17. The lowest BCUT2D eigenvalue weighted by Gasteiger charge is -2.42. The molecule has 1 aliphatic heterocycles. The van der Waals surface area contributed by atoms with Gasteiger partial charge in [-0.25, -0.2) is 8.78 Å². The van der Waals surface area contributed by atoms with Gasteiger partial charge in [0.15, 0.2) is 5.82 Å². The normalized spacial score (nSPS) is 16.9. The summed E-state index contributed by atoms with van der Waals surface area (Å²) in [5.74, 6) is -1.52. The number of rotatable bonds is 0. The van der Waals surface area contributed by atoms with Crippen molar-refractivity contribution in [3.63, 3.8) is 0 Å². The molecule has 0 atom stereocenters. The molecule has 19 heavy (non-hydrogen) atoms. The van der Waals surface area contributed by atoms with Crippen LogP contribution in [-0.4, -0.2) is 17.2 Å². The number of anilines is 2. The number of nitrogens with one attached hydrogen (secondary N) is 3. The van der Waals surface area contributed by atoms with Crippen LogP contribution in [0.4, 0.5) is 20.2 Å². The van der Waals surface area contributed by atoms with Crippen molar-refractivity contribution in [1.29, 1.82) is 10.8 Å². The molecule has 4 nitrogen and oxygen atoms in total. The molecule has 3 N–H and O–H groups in total. The van der Waals surface area contributed by atoms with Crippen molar-refractivity contribution >= 4 is 39.0 Å². The molecule has 1 aromatic carbocycles. The van der Waals surface area contributed by atoms with Gasteiger partial charge in [0.2, 0.25) is 0 Å². The van der Waals surface area contributed by atoms with Gasteiger partial charge in [-0.1, -0.05) is 0 Å². The van der Waals surface area contributed by atoms with Gasteiger partial charge in [-0.05, 0) is 36.7 Å². The fourth-order valence-electron chi connectivity index (χ4n) is 2.02. The van der Waals surface area contributed by atoms with Crippen LogP contribution in [0.25, 0.3) is 0 Å². The molecular formula is C12H13BrF2N4. The van der Waals surface area contributed by atoms with Crippen molar-refractivity contribution in [1.82, 2.24) is 0 Å². The zero-order chi connectivity index (χ0) is 14.5. The minimum absolute atomic E-state index is 0.00164. The average Bonchev–Trinajstić information content (AvgIpc) is 2.28. The Morgan fingerprint density at radius 3 is 2.53 bits per heavy atom. The summed E-state index contributed by atoms with van der Waals surface area (Å²) in [5, 5.41) is 18.7. The Bertz CT molecular complexity index is 598. The SMILES string of the molecule is CC(=N)N1C(=N)C(C)(C)Nc2cc(F)c(Br)c(F)c21. The summed E-state index contributed by atoms with van der Waals surface area (Å²) >= 11 is 2.84. The van der Waals surface area contributed by atoms with Crippen molar-refractivity contribution < 1.29 is 8.78 Å². The highest BCUT2D eigenvalue weighted by atomic mass is 79.9. The smallest absolute Gasteiger partial charge is 0.166 e. The molecule has 0 amide bonds. The Morgan fingerprint density at radius 2 is 2.00 bits per heavy atom. The largest absolute Gasteiger partial charge is 0.371 e. The summed E-state index contributed by atoms with van der Waals surface area (Å²) in [7, 11) is 0. The molecule has 0 aromatic heterocycles. The van der Waals surface area contributed by atoms with Crippen molar-refractivity contribution in [2.45, 2.75) is 26.3 Å². The monoisotopic (exact) mass is 330 g/mol. The quantitative estimate of drug-likeness (QED) is 0.385. The molecule has 1 aliphatic rings. The molecule has 0 aliphatic carbocycles. The van der Waals surface area contributed by atoms with Crippen LogP contribution in [0.15, 0.2) is 10.5 Å². The second-order valence-corrected chi connectivity index (χ2v) is 5.69. The van der Waals surface area contributed by atoms with E-state index in [1.807, 2.05) is 0 Å². The van der Waals surface area contributed by atoms with Crippen LogP contribution < -0.4 is 10.2 Å². The van der Waals surface area contributed by atoms with Gasteiger partial charge in [0.05, 0.1) is 15.7 Å². The number of fused-ring (bicyclic) bond motifs is 1. The number of hydrogen-bond acceptors (Lipinski definition) is 3. The topological polar surface area (TPSA) is 63.0 Å². The Kier molecular flexibility index (Phi) is 3.12. The molecule has 0 saturated heterocycles. The van der Waals surface area contributed by atoms with Gasteiger partial charge in [0.25, 0.3) is 0 Å². The van der Waals surface area contributed by atoms with E-state index >= 15 is 0 Å². The van der Waals surface area contributed by atoms with Gasteiger partial charge in [0, 0.05) is 6.07 Å². The Labute approximate surface area is 117 Å². The van der Waals surface area contributed by atoms with Gasteiger partial charge in [0.1, 0.15) is 23.2 Å². The van der Waals surface area contributed by atoms with Crippen molar-refractivity contribution in [2.24, 2.45) is 0 Å². The lowest BCUT2D eigenvalue weighted by Crippen LogP contribution is -2.55. The van der Waals surface area contributed by atoms with Crippen molar-refractivity contribution in [2.75, 3.05) is 10.2 Å². The third-order valence-electron chi connectivity index (χ3n) is 2.96. The first kappa shape index (κ1) is 13.9. The van der Waals surface area contributed by atoms with Gasteiger partial charge in [-0.3, -0.25) is 15.7 Å². The third kappa shape index (κ3) is 2.01. The molecule has 0 fully saturated rings. The summed E-state index contributed by atoms with van der Waals surface area (Å²) in [6, 6.07) is 1.16. The van der Waals surface area contributed by atoms with Crippen molar-refractivity contribution in [3.05, 3.63) is 22.2 Å². The van der Waals surface area contributed by atoms with Crippen LogP contribution in [0, 0.1) is 22.5 Å². The van der Waals surface area contributed by atoms with Crippen LogP contribution in [0.2, 0.25) is 0 Å².